The zero-order chi connectivity index (χ0) is 12.8. The first-order valence-electron chi connectivity index (χ1n) is 5.77. The number of halogens is 3. The fourth-order valence-electron chi connectivity index (χ4n) is 1.71. The van der Waals surface area contributed by atoms with Crippen molar-refractivity contribution in [2.24, 2.45) is 5.92 Å². The van der Waals surface area contributed by atoms with Crippen LogP contribution in [0.4, 0.5) is 5.82 Å². The average molecular weight is 340 g/mol. The van der Waals surface area contributed by atoms with Crippen molar-refractivity contribution in [2.75, 3.05) is 11.9 Å². The standard InChI is InChI=1S/C12H17BrCl2N2/c1-3-8(4-2)11(15)7-17-12-10(14)5-9(13)6-16-12/h5-6,8,11H,3-4,7H2,1-2H3,(H,16,17). The lowest BCUT2D eigenvalue weighted by molar-refractivity contribution is 0.475. The van der Waals surface area contributed by atoms with Gasteiger partial charge in [0.2, 0.25) is 0 Å². The second-order valence-electron chi connectivity index (χ2n) is 3.96. The lowest BCUT2D eigenvalue weighted by Crippen LogP contribution is -2.23. The molecule has 2 nitrogen and oxygen atoms in total. The molecule has 5 heteroatoms. The van der Waals surface area contributed by atoms with Crippen molar-refractivity contribution in [3.05, 3.63) is 21.8 Å². The molecule has 1 unspecified atom stereocenters. The molecule has 1 atom stereocenters. The van der Waals surface area contributed by atoms with Crippen molar-refractivity contribution in [2.45, 2.75) is 32.1 Å². The summed E-state index contributed by atoms with van der Waals surface area (Å²) in [4.78, 5) is 4.21. The molecule has 0 aliphatic rings. The summed E-state index contributed by atoms with van der Waals surface area (Å²) in [5.41, 5.74) is 0. The van der Waals surface area contributed by atoms with E-state index in [2.05, 4.69) is 40.1 Å². The van der Waals surface area contributed by atoms with E-state index in [0.717, 1.165) is 17.3 Å². The maximum Gasteiger partial charge on any atom is 0.144 e. The van der Waals surface area contributed by atoms with Crippen molar-refractivity contribution in [3.8, 4) is 0 Å². The van der Waals surface area contributed by atoms with E-state index in [1.165, 1.54) is 0 Å². The van der Waals surface area contributed by atoms with Crippen LogP contribution in [0.15, 0.2) is 16.7 Å². The van der Waals surface area contributed by atoms with Crippen molar-refractivity contribution in [3.63, 3.8) is 0 Å². The minimum absolute atomic E-state index is 0.103. The Morgan fingerprint density at radius 1 is 1.41 bits per heavy atom. The molecule has 0 aromatic carbocycles. The monoisotopic (exact) mass is 338 g/mol. The van der Waals surface area contributed by atoms with Crippen molar-refractivity contribution in [1.29, 1.82) is 0 Å². The van der Waals surface area contributed by atoms with Crippen LogP contribution in [0.1, 0.15) is 26.7 Å². The Labute approximate surface area is 121 Å². The zero-order valence-corrected chi connectivity index (χ0v) is 13.1. The van der Waals surface area contributed by atoms with E-state index in [1.54, 1.807) is 6.20 Å². The van der Waals surface area contributed by atoms with Gasteiger partial charge in [-0.1, -0.05) is 38.3 Å². The Kier molecular flexibility index (Phi) is 6.60. The summed E-state index contributed by atoms with van der Waals surface area (Å²) in [6.45, 7) is 5.01. The molecule has 0 saturated heterocycles. The van der Waals surface area contributed by atoms with Gasteiger partial charge in [-0.25, -0.2) is 4.98 Å². The molecule has 1 aromatic heterocycles. The fraction of sp³-hybridized carbons (Fsp3) is 0.583. The van der Waals surface area contributed by atoms with E-state index in [1.807, 2.05) is 6.07 Å². The van der Waals surface area contributed by atoms with Gasteiger partial charge < -0.3 is 5.32 Å². The highest BCUT2D eigenvalue weighted by molar-refractivity contribution is 9.10. The summed E-state index contributed by atoms with van der Waals surface area (Å²) >= 11 is 15.7. The first-order valence-corrected chi connectivity index (χ1v) is 7.38. The van der Waals surface area contributed by atoms with Crippen LogP contribution in [0.2, 0.25) is 5.02 Å². The van der Waals surface area contributed by atoms with Crippen molar-refractivity contribution >= 4 is 44.9 Å². The number of nitrogens with one attached hydrogen (secondary N) is 1. The number of aromatic nitrogens is 1. The van der Waals surface area contributed by atoms with Gasteiger partial charge in [0.05, 0.1) is 10.4 Å². The molecule has 0 aliphatic carbocycles. The first-order chi connectivity index (χ1) is 8.08. The third-order valence-electron chi connectivity index (χ3n) is 2.83. The predicted molar refractivity (Wildman–Crippen MR) is 79.1 cm³/mol. The van der Waals surface area contributed by atoms with Gasteiger partial charge in [0.1, 0.15) is 5.82 Å². The van der Waals surface area contributed by atoms with E-state index in [9.17, 15) is 0 Å². The number of rotatable bonds is 6. The van der Waals surface area contributed by atoms with Crippen LogP contribution in [0, 0.1) is 5.92 Å². The molecule has 0 spiro atoms. The van der Waals surface area contributed by atoms with Crippen LogP contribution >= 0.6 is 39.1 Å². The van der Waals surface area contributed by atoms with Crippen LogP contribution < -0.4 is 5.32 Å². The summed E-state index contributed by atoms with van der Waals surface area (Å²) in [6.07, 6.45) is 3.90. The molecule has 0 bridgehead atoms. The Morgan fingerprint density at radius 2 is 2.06 bits per heavy atom. The van der Waals surface area contributed by atoms with Crippen molar-refractivity contribution < 1.29 is 0 Å². The summed E-state index contributed by atoms with van der Waals surface area (Å²) in [5, 5.41) is 3.90. The highest BCUT2D eigenvalue weighted by Gasteiger charge is 2.16. The molecule has 1 heterocycles. The van der Waals surface area contributed by atoms with Gasteiger partial charge in [0.15, 0.2) is 0 Å². The molecule has 0 saturated carbocycles. The third kappa shape index (κ3) is 4.65. The quantitative estimate of drug-likeness (QED) is 0.741. The van der Waals surface area contributed by atoms with E-state index in [0.29, 0.717) is 23.3 Å². The summed E-state index contributed by atoms with van der Waals surface area (Å²) in [7, 11) is 0. The smallest absolute Gasteiger partial charge is 0.144 e. The van der Waals surface area contributed by atoms with Gasteiger partial charge in [0.25, 0.3) is 0 Å². The molecule has 0 aliphatic heterocycles. The molecule has 1 N–H and O–H groups in total. The van der Waals surface area contributed by atoms with Crippen LogP contribution in [-0.4, -0.2) is 16.9 Å². The number of alkyl halides is 1. The van der Waals surface area contributed by atoms with Gasteiger partial charge in [-0.15, -0.1) is 11.6 Å². The minimum atomic E-state index is 0.103. The molecule has 0 fully saturated rings. The van der Waals surface area contributed by atoms with Crippen LogP contribution in [-0.2, 0) is 0 Å². The van der Waals surface area contributed by atoms with Gasteiger partial charge in [0, 0.05) is 17.2 Å². The topological polar surface area (TPSA) is 24.9 Å². The third-order valence-corrected chi connectivity index (χ3v) is 4.07. The van der Waals surface area contributed by atoms with E-state index < -0.39 is 0 Å². The highest BCUT2D eigenvalue weighted by atomic mass is 79.9. The molecular formula is C12H17BrCl2N2. The molecule has 0 amide bonds. The Hall–Kier alpha value is 0.01000. The summed E-state index contributed by atoms with van der Waals surface area (Å²) < 4.78 is 0.871. The van der Waals surface area contributed by atoms with E-state index in [-0.39, 0.29) is 5.38 Å². The van der Waals surface area contributed by atoms with E-state index in [4.69, 9.17) is 23.2 Å². The molecular weight excluding hydrogens is 323 g/mol. The normalized spacial score (nSPS) is 12.8. The average Bonchev–Trinajstić information content (AvgIpc) is 2.29. The van der Waals surface area contributed by atoms with Crippen molar-refractivity contribution in [1.82, 2.24) is 4.98 Å². The number of hydrogen-bond acceptors (Lipinski definition) is 2. The first kappa shape index (κ1) is 15.1. The maximum absolute atomic E-state index is 6.34. The highest BCUT2D eigenvalue weighted by Crippen LogP contribution is 2.24. The second-order valence-corrected chi connectivity index (χ2v) is 5.84. The molecule has 0 radical (unpaired) electrons. The zero-order valence-electron chi connectivity index (χ0n) is 10.0. The number of anilines is 1. The molecule has 1 aromatic rings. The van der Waals surface area contributed by atoms with Crippen LogP contribution in [0.5, 0.6) is 0 Å². The summed E-state index contributed by atoms with van der Waals surface area (Å²) in [5.74, 6) is 1.21. The van der Waals surface area contributed by atoms with Gasteiger partial charge in [-0.05, 0) is 27.9 Å². The molecule has 1 rings (SSSR count). The van der Waals surface area contributed by atoms with Gasteiger partial charge in [-0.3, -0.25) is 0 Å². The number of hydrogen-bond donors (Lipinski definition) is 1. The second kappa shape index (κ2) is 7.45. The fourth-order valence-corrected chi connectivity index (χ4v) is 2.84. The number of pyridine rings is 1. The van der Waals surface area contributed by atoms with E-state index >= 15 is 0 Å². The SMILES string of the molecule is CCC(CC)C(Cl)CNc1ncc(Br)cc1Cl. The largest absolute Gasteiger partial charge is 0.367 e. The molecule has 96 valence electrons. The lowest BCUT2D eigenvalue weighted by Gasteiger charge is -2.20. The minimum Gasteiger partial charge on any atom is -0.367 e. The lowest BCUT2D eigenvalue weighted by atomic mass is 9.99. The predicted octanol–water partition coefficient (Wildman–Crippen LogP) is 4.95. The van der Waals surface area contributed by atoms with Gasteiger partial charge >= 0.3 is 0 Å². The Morgan fingerprint density at radius 3 is 2.59 bits per heavy atom. The van der Waals surface area contributed by atoms with Crippen LogP contribution in [0.3, 0.4) is 0 Å². The number of nitrogens with zero attached hydrogens (tertiary/aromatic N) is 1. The summed E-state index contributed by atoms with van der Waals surface area (Å²) in [6, 6.07) is 1.82. The van der Waals surface area contributed by atoms with Crippen LogP contribution in [0.25, 0.3) is 0 Å². The molecule has 17 heavy (non-hydrogen) atoms. The van der Waals surface area contributed by atoms with Gasteiger partial charge in [-0.2, -0.15) is 0 Å². The Balaban J connectivity index is 2.55. The Bertz CT molecular complexity index is 356. The maximum atomic E-state index is 6.34.